The first-order valence-electron chi connectivity index (χ1n) is 8.08. The van der Waals surface area contributed by atoms with Crippen molar-refractivity contribution in [3.05, 3.63) is 66.5 Å². The van der Waals surface area contributed by atoms with Crippen LogP contribution in [0.5, 0.6) is 5.75 Å². The molecule has 9 heteroatoms. The van der Waals surface area contributed by atoms with Gasteiger partial charge in [0.15, 0.2) is 5.82 Å². The number of hydrogen-bond acceptors (Lipinski definition) is 6. The summed E-state index contributed by atoms with van der Waals surface area (Å²) >= 11 is 0. The van der Waals surface area contributed by atoms with Gasteiger partial charge in [0.1, 0.15) is 12.1 Å². The molecule has 0 bridgehead atoms. The Balaban J connectivity index is 1.50. The van der Waals surface area contributed by atoms with Gasteiger partial charge in [0.25, 0.3) is 5.91 Å². The minimum atomic E-state index is -0.267. The molecule has 2 aromatic carbocycles. The van der Waals surface area contributed by atoms with Gasteiger partial charge in [-0.3, -0.25) is 9.89 Å². The van der Waals surface area contributed by atoms with Gasteiger partial charge < -0.3 is 10.1 Å². The van der Waals surface area contributed by atoms with E-state index in [-0.39, 0.29) is 5.91 Å². The average Bonchev–Trinajstić information content (AvgIpc) is 3.40. The van der Waals surface area contributed by atoms with Crippen LogP contribution in [0.3, 0.4) is 0 Å². The molecule has 0 aliphatic carbocycles. The van der Waals surface area contributed by atoms with Gasteiger partial charge in [0, 0.05) is 17.2 Å². The largest absolute Gasteiger partial charge is 0.496 e. The van der Waals surface area contributed by atoms with Crippen molar-refractivity contribution in [3.8, 4) is 22.7 Å². The number of para-hydroxylation sites is 1. The molecule has 0 fully saturated rings. The molecule has 2 heterocycles. The third-order valence-corrected chi connectivity index (χ3v) is 3.96. The summed E-state index contributed by atoms with van der Waals surface area (Å²) in [5.41, 5.74) is 2.86. The summed E-state index contributed by atoms with van der Waals surface area (Å²) in [4.78, 5) is 12.4. The SMILES string of the molecule is COc1ccccc1-c1cc(NC(=O)c2ccc(-n3cnnn3)cc2)n[nH]1. The van der Waals surface area contributed by atoms with E-state index < -0.39 is 0 Å². The topological polar surface area (TPSA) is 111 Å². The predicted molar refractivity (Wildman–Crippen MR) is 97.7 cm³/mol. The van der Waals surface area contributed by atoms with Crippen molar-refractivity contribution in [2.45, 2.75) is 0 Å². The first-order chi connectivity index (χ1) is 13.2. The molecule has 0 unspecified atom stereocenters. The van der Waals surface area contributed by atoms with Crippen molar-refractivity contribution in [3.63, 3.8) is 0 Å². The van der Waals surface area contributed by atoms with Crippen LogP contribution in [0.2, 0.25) is 0 Å². The molecule has 4 aromatic rings. The van der Waals surface area contributed by atoms with Crippen LogP contribution in [0.4, 0.5) is 5.82 Å². The molecule has 134 valence electrons. The maximum absolute atomic E-state index is 12.4. The number of tetrazole rings is 1. The Hall–Kier alpha value is -4.01. The number of amides is 1. The summed E-state index contributed by atoms with van der Waals surface area (Å²) in [6.45, 7) is 0. The fourth-order valence-electron chi connectivity index (χ4n) is 2.62. The molecule has 9 nitrogen and oxygen atoms in total. The number of carbonyl (C=O) groups is 1. The van der Waals surface area contributed by atoms with Gasteiger partial charge in [-0.1, -0.05) is 12.1 Å². The van der Waals surface area contributed by atoms with Crippen LogP contribution in [0, 0.1) is 0 Å². The Bertz CT molecular complexity index is 1060. The number of hydrogen-bond donors (Lipinski definition) is 2. The van der Waals surface area contributed by atoms with Gasteiger partial charge in [-0.2, -0.15) is 5.10 Å². The molecule has 4 rings (SSSR count). The molecular formula is C18H15N7O2. The second-order valence-corrected chi connectivity index (χ2v) is 5.62. The quantitative estimate of drug-likeness (QED) is 0.564. The molecule has 0 radical (unpaired) electrons. The minimum Gasteiger partial charge on any atom is -0.496 e. The molecule has 1 amide bonds. The highest BCUT2D eigenvalue weighted by molar-refractivity contribution is 6.04. The number of methoxy groups -OCH3 is 1. The van der Waals surface area contributed by atoms with Crippen LogP contribution >= 0.6 is 0 Å². The lowest BCUT2D eigenvalue weighted by Crippen LogP contribution is -2.12. The van der Waals surface area contributed by atoms with Crippen LogP contribution in [0.15, 0.2) is 60.9 Å². The van der Waals surface area contributed by atoms with E-state index in [0.717, 1.165) is 22.7 Å². The summed E-state index contributed by atoms with van der Waals surface area (Å²) in [7, 11) is 1.61. The lowest BCUT2D eigenvalue weighted by Gasteiger charge is -2.05. The summed E-state index contributed by atoms with van der Waals surface area (Å²) in [6.07, 6.45) is 1.48. The van der Waals surface area contributed by atoms with E-state index in [4.69, 9.17) is 4.74 Å². The van der Waals surface area contributed by atoms with E-state index in [1.54, 1.807) is 37.4 Å². The highest BCUT2D eigenvalue weighted by Crippen LogP contribution is 2.29. The molecular weight excluding hydrogens is 346 g/mol. The van der Waals surface area contributed by atoms with Crippen molar-refractivity contribution in [1.29, 1.82) is 0 Å². The third kappa shape index (κ3) is 3.38. The normalized spacial score (nSPS) is 10.6. The highest BCUT2D eigenvalue weighted by atomic mass is 16.5. The zero-order valence-electron chi connectivity index (χ0n) is 14.3. The summed E-state index contributed by atoms with van der Waals surface area (Å²) in [6, 6.07) is 16.2. The summed E-state index contributed by atoms with van der Waals surface area (Å²) in [5.74, 6) is 0.874. The molecule has 0 saturated heterocycles. The second kappa shape index (κ2) is 7.08. The van der Waals surface area contributed by atoms with E-state index in [1.165, 1.54) is 11.0 Å². The number of nitrogens with one attached hydrogen (secondary N) is 2. The fraction of sp³-hybridized carbons (Fsp3) is 0.0556. The van der Waals surface area contributed by atoms with Crippen LogP contribution in [-0.2, 0) is 0 Å². The van der Waals surface area contributed by atoms with Gasteiger partial charge in [0.2, 0.25) is 0 Å². The van der Waals surface area contributed by atoms with E-state index in [9.17, 15) is 4.79 Å². The van der Waals surface area contributed by atoms with Gasteiger partial charge in [-0.25, -0.2) is 4.68 Å². The Labute approximate surface area is 154 Å². The first kappa shape index (κ1) is 16.5. The minimum absolute atomic E-state index is 0.267. The first-order valence-corrected chi connectivity index (χ1v) is 8.08. The number of H-pyrrole nitrogens is 1. The number of rotatable bonds is 5. The van der Waals surface area contributed by atoms with Gasteiger partial charge in [0.05, 0.1) is 18.5 Å². The number of nitrogens with zero attached hydrogens (tertiary/aromatic N) is 5. The predicted octanol–water partition coefficient (Wildman–Crippen LogP) is 2.31. The Morgan fingerprint density at radius 3 is 2.70 bits per heavy atom. The maximum Gasteiger partial charge on any atom is 0.256 e. The van der Waals surface area contributed by atoms with Gasteiger partial charge in [-0.15, -0.1) is 5.10 Å². The second-order valence-electron chi connectivity index (χ2n) is 5.62. The van der Waals surface area contributed by atoms with Crippen molar-refractivity contribution in [2.75, 3.05) is 12.4 Å². The molecule has 2 aromatic heterocycles. The number of aromatic nitrogens is 6. The van der Waals surface area contributed by atoms with Crippen molar-refractivity contribution < 1.29 is 9.53 Å². The Morgan fingerprint density at radius 2 is 1.96 bits per heavy atom. The Morgan fingerprint density at radius 1 is 1.15 bits per heavy atom. The van der Waals surface area contributed by atoms with E-state index >= 15 is 0 Å². The summed E-state index contributed by atoms with van der Waals surface area (Å²) < 4.78 is 6.86. The van der Waals surface area contributed by atoms with Crippen molar-refractivity contribution in [1.82, 2.24) is 30.4 Å². The van der Waals surface area contributed by atoms with E-state index in [2.05, 4.69) is 31.0 Å². The third-order valence-electron chi connectivity index (χ3n) is 3.96. The number of benzene rings is 2. The molecule has 2 N–H and O–H groups in total. The lowest BCUT2D eigenvalue weighted by atomic mass is 10.1. The zero-order valence-corrected chi connectivity index (χ0v) is 14.3. The van der Waals surface area contributed by atoms with Crippen LogP contribution in [0.1, 0.15) is 10.4 Å². The number of carbonyl (C=O) groups excluding carboxylic acids is 1. The zero-order chi connectivity index (χ0) is 18.6. The van der Waals surface area contributed by atoms with Gasteiger partial charge >= 0.3 is 0 Å². The van der Waals surface area contributed by atoms with E-state index in [1.807, 2.05) is 24.3 Å². The lowest BCUT2D eigenvalue weighted by molar-refractivity contribution is 0.102. The van der Waals surface area contributed by atoms with Crippen LogP contribution in [0.25, 0.3) is 16.9 Å². The standard InChI is InChI=1S/C18H15N7O2/c1-27-16-5-3-2-4-14(16)15-10-17(22-21-15)20-18(26)12-6-8-13(9-7-12)25-11-19-23-24-25/h2-11H,1H3,(H2,20,21,22,26). The van der Waals surface area contributed by atoms with Crippen molar-refractivity contribution in [2.24, 2.45) is 0 Å². The molecule has 0 saturated carbocycles. The molecule has 27 heavy (non-hydrogen) atoms. The van der Waals surface area contributed by atoms with Gasteiger partial charge in [-0.05, 0) is 46.8 Å². The van der Waals surface area contributed by atoms with Crippen molar-refractivity contribution >= 4 is 11.7 Å². The monoisotopic (exact) mass is 361 g/mol. The average molecular weight is 361 g/mol. The summed E-state index contributed by atoms with van der Waals surface area (Å²) in [5, 5.41) is 20.8. The molecule has 0 atom stereocenters. The number of ether oxygens (including phenoxy) is 1. The molecule has 0 aliphatic rings. The smallest absolute Gasteiger partial charge is 0.256 e. The van der Waals surface area contributed by atoms with Crippen LogP contribution in [-0.4, -0.2) is 43.4 Å². The Kier molecular flexibility index (Phi) is 4.32. The van der Waals surface area contributed by atoms with E-state index in [0.29, 0.717) is 11.4 Å². The van der Waals surface area contributed by atoms with Crippen LogP contribution < -0.4 is 10.1 Å². The highest BCUT2D eigenvalue weighted by Gasteiger charge is 2.12. The number of aromatic amines is 1. The fourth-order valence-corrected chi connectivity index (χ4v) is 2.62. The number of anilines is 1. The maximum atomic E-state index is 12.4. The molecule has 0 aliphatic heterocycles. The molecule has 0 spiro atoms.